The van der Waals surface area contributed by atoms with Crippen molar-refractivity contribution in [3.63, 3.8) is 0 Å². The van der Waals surface area contributed by atoms with E-state index in [2.05, 4.69) is 16.4 Å². The molecule has 36 heavy (non-hydrogen) atoms. The van der Waals surface area contributed by atoms with Crippen molar-refractivity contribution in [3.05, 3.63) is 56.9 Å². The second-order valence-electron chi connectivity index (χ2n) is 8.56. The van der Waals surface area contributed by atoms with E-state index in [1.54, 1.807) is 41.7 Å². The van der Waals surface area contributed by atoms with E-state index in [0.29, 0.717) is 20.4 Å². The van der Waals surface area contributed by atoms with Crippen LogP contribution in [0, 0.1) is 18.3 Å². The molecule has 0 aliphatic carbocycles. The number of benzene rings is 1. The van der Waals surface area contributed by atoms with E-state index in [1.165, 1.54) is 17.5 Å². The fourth-order valence-corrected chi connectivity index (χ4v) is 4.99. The number of allylic oxidation sites excluding steroid dienone is 1. The van der Waals surface area contributed by atoms with Gasteiger partial charge in [-0.3, -0.25) is 0 Å². The molecule has 8 nitrogen and oxygen atoms in total. The highest BCUT2D eigenvalue weighted by Crippen LogP contribution is 2.36. The molecule has 2 heterocycles. The average Bonchev–Trinajstić information content (AvgIpc) is 3.44. The molecule has 0 fully saturated rings. The van der Waals surface area contributed by atoms with Crippen LogP contribution in [0.2, 0.25) is 0 Å². The molecule has 0 amide bonds. The minimum absolute atomic E-state index is 0.182. The lowest BCUT2D eigenvalue weighted by atomic mass is 10.1. The molecule has 0 atom stereocenters. The van der Waals surface area contributed by atoms with Crippen LogP contribution in [0.4, 0.5) is 5.00 Å². The van der Waals surface area contributed by atoms with Gasteiger partial charge in [-0.1, -0.05) is 0 Å². The molecule has 1 aromatic carbocycles. The second-order valence-corrected chi connectivity index (χ2v) is 10.4. The third kappa shape index (κ3) is 6.30. The first-order chi connectivity index (χ1) is 17.1. The maximum atomic E-state index is 12.7. The lowest BCUT2D eigenvalue weighted by Crippen LogP contribution is -2.23. The van der Waals surface area contributed by atoms with Gasteiger partial charge in [0.1, 0.15) is 37.9 Å². The smallest absolute Gasteiger partial charge is 0.349 e. The van der Waals surface area contributed by atoms with Gasteiger partial charge in [-0.2, -0.15) is 5.26 Å². The Kier molecular flexibility index (Phi) is 8.50. The number of hydrogen-bond donors (Lipinski definition) is 1. The van der Waals surface area contributed by atoms with Crippen molar-refractivity contribution in [3.8, 4) is 23.1 Å². The molecule has 0 aliphatic heterocycles. The number of aromatic nitrogens is 1. The third-order valence-electron chi connectivity index (χ3n) is 4.80. The molecule has 0 spiro atoms. The standard InChI is InChI=1S/C26H27N3O5S2/c1-7-33-24(30)20-15(2)21(25(31)34-26(3,4)5)36-23(20)28-13-17(12-27)22-29-19(14-35-22)16-8-10-18(32-6)11-9-16/h8-11,13-14,28H,7H2,1-6H3. The monoisotopic (exact) mass is 525 g/mol. The summed E-state index contributed by atoms with van der Waals surface area (Å²) in [7, 11) is 1.60. The number of thiazole rings is 1. The zero-order chi connectivity index (χ0) is 26.5. The first-order valence-electron chi connectivity index (χ1n) is 11.1. The van der Waals surface area contributed by atoms with Crippen LogP contribution in [-0.4, -0.2) is 36.2 Å². The average molecular weight is 526 g/mol. The zero-order valence-electron chi connectivity index (χ0n) is 20.9. The summed E-state index contributed by atoms with van der Waals surface area (Å²) >= 11 is 2.40. The maximum Gasteiger partial charge on any atom is 0.349 e. The van der Waals surface area contributed by atoms with Crippen LogP contribution in [0.5, 0.6) is 5.75 Å². The molecule has 2 aromatic heterocycles. The fraction of sp³-hybridized carbons (Fsp3) is 0.308. The Labute approximate surface area is 218 Å². The normalized spacial score (nSPS) is 11.5. The maximum absolute atomic E-state index is 12.7. The summed E-state index contributed by atoms with van der Waals surface area (Å²) in [4.78, 5) is 30.3. The van der Waals surface area contributed by atoms with Crippen LogP contribution in [-0.2, 0) is 9.47 Å². The molecule has 0 radical (unpaired) electrons. The van der Waals surface area contributed by atoms with Crippen LogP contribution in [0.15, 0.2) is 35.8 Å². The number of thiophene rings is 1. The first kappa shape index (κ1) is 26.9. The Morgan fingerprint density at radius 2 is 1.89 bits per heavy atom. The van der Waals surface area contributed by atoms with Crippen molar-refractivity contribution in [1.82, 2.24) is 4.98 Å². The molecule has 3 aromatic rings. The Bertz CT molecular complexity index is 1330. The highest BCUT2D eigenvalue weighted by Gasteiger charge is 2.28. The van der Waals surface area contributed by atoms with Crippen LogP contribution in [0.3, 0.4) is 0 Å². The van der Waals surface area contributed by atoms with Gasteiger partial charge in [0.05, 0.1) is 25.0 Å². The molecule has 0 bridgehead atoms. The van der Waals surface area contributed by atoms with Gasteiger partial charge in [0.15, 0.2) is 0 Å². The number of carbonyl (C=O) groups is 2. The largest absolute Gasteiger partial charge is 0.497 e. The van der Waals surface area contributed by atoms with E-state index < -0.39 is 17.5 Å². The quantitative estimate of drug-likeness (QED) is 0.270. The predicted octanol–water partition coefficient (Wildman–Crippen LogP) is 6.30. The van der Waals surface area contributed by atoms with Gasteiger partial charge >= 0.3 is 11.9 Å². The predicted molar refractivity (Wildman–Crippen MR) is 141 cm³/mol. The van der Waals surface area contributed by atoms with E-state index in [0.717, 1.165) is 28.3 Å². The van der Waals surface area contributed by atoms with Crippen molar-refractivity contribution in [2.45, 2.75) is 40.2 Å². The minimum Gasteiger partial charge on any atom is -0.497 e. The van der Waals surface area contributed by atoms with E-state index in [-0.39, 0.29) is 17.7 Å². The van der Waals surface area contributed by atoms with Crippen molar-refractivity contribution < 1.29 is 23.8 Å². The van der Waals surface area contributed by atoms with Crippen LogP contribution in [0.25, 0.3) is 16.8 Å². The SMILES string of the molecule is CCOC(=O)c1c(NC=C(C#N)c2nc(-c3ccc(OC)cc3)cs2)sc(C(=O)OC(C)(C)C)c1C. The van der Waals surface area contributed by atoms with E-state index in [1.807, 2.05) is 29.6 Å². The summed E-state index contributed by atoms with van der Waals surface area (Å²) < 4.78 is 15.9. The molecule has 1 N–H and O–H groups in total. The summed E-state index contributed by atoms with van der Waals surface area (Å²) in [6.45, 7) is 8.88. The summed E-state index contributed by atoms with van der Waals surface area (Å²) in [5.74, 6) is -0.353. The van der Waals surface area contributed by atoms with Gasteiger partial charge in [0, 0.05) is 17.1 Å². The Hall–Kier alpha value is -3.68. The van der Waals surface area contributed by atoms with Crippen molar-refractivity contribution in [2.75, 3.05) is 19.0 Å². The molecule has 0 unspecified atom stereocenters. The summed E-state index contributed by atoms with van der Waals surface area (Å²) in [5.41, 5.74) is 1.90. The summed E-state index contributed by atoms with van der Waals surface area (Å²) in [6.07, 6.45) is 1.48. The summed E-state index contributed by atoms with van der Waals surface area (Å²) in [5, 5.41) is 15.5. The highest BCUT2D eigenvalue weighted by molar-refractivity contribution is 7.18. The number of esters is 2. The first-order valence-corrected chi connectivity index (χ1v) is 12.8. The Morgan fingerprint density at radius 1 is 1.19 bits per heavy atom. The molecule has 3 rings (SSSR count). The van der Waals surface area contributed by atoms with Gasteiger partial charge in [-0.15, -0.1) is 22.7 Å². The number of ether oxygens (including phenoxy) is 3. The van der Waals surface area contributed by atoms with E-state index in [9.17, 15) is 14.9 Å². The van der Waals surface area contributed by atoms with Crippen molar-refractivity contribution in [2.24, 2.45) is 0 Å². The molecular formula is C26H27N3O5S2. The number of methoxy groups -OCH3 is 1. The number of hydrogen-bond acceptors (Lipinski definition) is 10. The zero-order valence-corrected chi connectivity index (χ0v) is 22.6. The topological polar surface area (TPSA) is 111 Å². The minimum atomic E-state index is -0.689. The number of nitrogens with zero attached hydrogens (tertiary/aromatic N) is 2. The summed E-state index contributed by atoms with van der Waals surface area (Å²) in [6, 6.07) is 9.61. The van der Waals surface area contributed by atoms with Gasteiger partial charge < -0.3 is 19.5 Å². The van der Waals surface area contributed by atoms with E-state index in [4.69, 9.17) is 14.2 Å². The number of nitriles is 1. The fourth-order valence-electron chi connectivity index (χ4n) is 3.15. The molecular weight excluding hydrogens is 498 g/mol. The third-order valence-corrected chi connectivity index (χ3v) is 6.88. The highest BCUT2D eigenvalue weighted by atomic mass is 32.1. The molecule has 0 saturated heterocycles. The molecule has 0 aliphatic rings. The van der Waals surface area contributed by atoms with Crippen LogP contribution < -0.4 is 10.1 Å². The lowest BCUT2D eigenvalue weighted by Gasteiger charge is -2.19. The second kappa shape index (κ2) is 11.4. The lowest BCUT2D eigenvalue weighted by molar-refractivity contribution is 0.00745. The number of rotatable bonds is 8. The number of nitrogens with one attached hydrogen (secondary N) is 1. The van der Waals surface area contributed by atoms with Gasteiger partial charge in [0.25, 0.3) is 0 Å². The van der Waals surface area contributed by atoms with Crippen molar-refractivity contribution in [1.29, 1.82) is 5.26 Å². The van der Waals surface area contributed by atoms with Crippen molar-refractivity contribution >= 4 is 45.2 Å². The van der Waals surface area contributed by atoms with Crippen LogP contribution >= 0.6 is 22.7 Å². The molecule has 0 saturated carbocycles. The van der Waals surface area contributed by atoms with Crippen LogP contribution in [0.1, 0.15) is 58.3 Å². The molecule has 10 heteroatoms. The van der Waals surface area contributed by atoms with E-state index >= 15 is 0 Å². The molecule has 188 valence electrons. The van der Waals surface area contributed by atoms with Gasteiger partial charge in [-0.05, 0) is 64.4 Å². The number of carbonyl (C=O) groups excluding carboxylic acids is 2. The Balaban J connectivity index is 1.92. The van der Waals surface area contributed by atoms with Gasteiger partial charge in [-0.25, -0.2) is 14.6 Å². The van der Waals surface area contributed by atoms with Gasteiger partial charge in [0.2, 0.25) is 0 Å². The number of anilines is 1. The Morgan fingerprint density at radius 3 is 2.47 bits per heavy atom.